The minimum atomic E-state index is -0.594. The molecule has 0 aromatic heterocycles. The summed E-state index contributed by atoms with van der Waals surface area (Å²) in [5, 5.41) is 16.2. The van der Waals surface area contributed by atoms with Crippen LogP contribution in [0.25, 0.3) is 0 Å². The lowest BCUT2D eigenvalue weighted by Crippen LogP contribution is -2.44. The van der Waals surface area contributed by atoms with E-state index in [0.717, 1.165) is 47.3 Å². The van der Waals surface area contributed by atoms with E-state index >= 15 is 0 Å². The Labute approximate surface area is 196 Å². The van der Waals surface area contributed by atoms with Crippen LogP contribution in [0.5, 0.6) is 5.75 Å². The molecular weight excluding hydrogens is 410 g/mol. The number of aromatic hydroxyl groups is 1. The highest BCUT2D eigenvalue weighted by atomic mass is 16.3. The molecule has 5 nitrogen and oxygen atoms in total. The van der Waals surface area contributed by atoms with Gasteiger partial charge in [0.1, 0.15) is 5.75 Å². The second kappa shape index (κ2) is 9.67. The second-order valence-electron chi connectivity index (χ2n) is 9.23. The van der Waals surface area contributed by atoms with Gasteiger partial charge in [0, 0.05) is 12.2 Å². The van der Waals surface area contributed by atoms with Gasteiger partial charge in [-0.05, 0) is 91.6 Å². The normalized spacial score (nSPS) is 15.9. The molecule has 1 aliphatic heterocycles. The topological polar surface area (TPSA) is 87.4 Å². The molecule has 0 saturated heterocycles. The van der Waals surface area contributed by atoms with Crippen molar-refractivity contribution < 1.29 is 9.90 Å². The molecule has 0 fully saturated rings. The van der Waals surface area contributed by atoms with Crippen LogP contribution < -0.4 is 16.4 Å². The number of nitrogens with two attached hydrogens (primary N) is 1. The number of carbonyl (C=O) groups excluding carboxylic acids is 1. The summed E-state index contributed by atoms with van der Waals surface area (Å²) < 4.78 is 0. The fraction of sp³-hybridized carbons (Fsp3) is 0.321. The number of amides is 1. The Morgan fingerprint density at radius 1 is 1.06 bits per heavy atom. The molecule has 33 heavy (non-hydrogen) atoms. The minimum absolute atomic E-state index is 0.0696. The highest BCUT2D eigenvalue weighted by Crippen LogP contribution is 2.31. The largest absolute Gasteiger partial charge is 0.508 e. The number of phenols is 1. The molecule has 5 heteroatoms. The number of hydrogen-bond donors (Lipinski definition) is 4. The summed E-state index contributed by atoms with van der Waals surface area (Å²) in [5.74, 6) is 0.152. The van der Waals surface area contributed by atoms with Crippen LogP contribution in [-0.4, -0.2) is 23.6 Å². The van der Waals surface area contributed by atoms with E-state index in [1.165, 1.54) is 16.7 Å². The molecule has 0 aliphatic carbocycles. The van der Waals surface area contributed by atoms with Crippen LogP contribution in [0.2, 0.25) is 0 Å². The molecule has 0 saturated carbocycles. The first-order valence-electron chi connectivity index (χ1n) is 11.6. The van der Waals surface area contributed by atoms with E-state index in [-0.39, 0.29) is 17.7 Å². The quantitative estimate of drug-likeness (QED) is 0.453. The van der Waals surface area contributed by atoms with Crippen LogP contribution in [0.3, 0.4) is 0 Å². The molecule has 0 radical (unpaired) electrons. The zero-order valence-electron chi connectivity index (χ0n) is 19.6. The molecule has 3 aromatic carbocycles. The molecule has 5 N–H and O–H groups in total. The summed E-state index contributed by atoms with van der Waals surface area (Å²) in [6.07, 6.45) is 2.11. The molecule has 1 amide bonds. The van der Waals surface area contributed by atoms with Crippen LogP contribution in [0.15, 0.2) is 54.6 Å². The number of rotatable bonds is 6. The van der Waals surface area contributed by atoms with Crippen molar-refractivity contribution >= 4 is 11.6 Å². The fourth-order valence-corrected chi connectivity index (χ4v) is 4.80. The Morgan fingerprint density at radius 3 is 2.42 bits per heavy atom. The molecule has 3 aromatic rings. The number of phenolic OH excluding ortho intramolecular Hbond substituents is 1. The van der Waals surface area contributed by atoms with Crippen LogP contribution in [-0.2, 0) is 17.6 Å². The number of anilines is 1. The lowest BCUT2D eigenvalue weighted by molar-refractivity contribution is -0.123. The molecule has 0 spiro atoms. The summed E-state index contributed by atoms with van der Waals surface area (Å²) >= 11 is 0. The van der Waals surface area contributed by atoms with E-state index in [1.807, 2.05) is 12.1 Å². The van der Waals surface area contributed by atoms with Crippen LogP contribution in [0.1, 0.15) is 51.4 Å². The van der Waals surface area contributed by atoms with Crippen LogP contribution in [0, 0.1) is 20.8 Å². The Bertz CT molecular complexity index is 1130. The Balaban J connectivity index is 1.48. The molecule has 1 heterocycles. The van der Waals surface area contributed by atoms with Gasteiger partial charge < -0.3 is 21.5 Å². The van der Waals surface area contributed by atoms with Gasteiger partial charge in [-0.1, -0.05) is 42.0 Å². The molecule has 4 rings (SSSR count). The highest BCUT2D eigenvalue weighted by molar-refractivity contribution is 5.82. The molecule has 172 valence electrons. The first kappa shape index (κ1) is 22.9. The van der Waals surface area contributed by atoms with Crippen molar-refractivity contribution in [2.75, 3.05) is 11.9 Å². The van der Waals surface area contributed by atoms with Crippen molar-refractivity contribution in [3.63, 3.8) is 0 Å². The molecule has 1 aliphatic rings. The summed E-state index contributed by atoms with van der Waals surface area (Å²) in [5.41, 5.74) is 15.5. The van der Waals surface area contributed by atoms with E-state index in [1.54, 1.807) is 12.1 Å². The standard InChI is InChI=1S/C28H33N3O2/c1-17-12-18(2)23(19(3)13-17)16-25(29)28(33)31-27-10-11-30-26-9-6-21(15-24(26)27)14-20-4-7-22(32)8-5-20/h4-9,12-13,15,25,27,30,32H,10-11,14,16,29H2,1-3H3,(H,31,33). The van der Waals surface area contributed by atoms with Crippen molar-refractivity contribution in [3.8, 4) is 5.75 Å². The predicted octanol–water partition coefficient (Wildman–Crippen LogP) is 4.45. The average molecular weight is 444 g/mol. The maximum atomic E-state index is 13.0. The first-order chi connectivity index (χ1) is 15.8. The van der Waals surface area contributed by atoms with Crippen molar-refractivity contribution in [1.29, 1.82) is 0 Å². The van der Waals surface area contributed by atoms with Gasteiger partial charge in [-0.25, -0.2) is 0 Å². The van der Waals surface area contributed by atoms with Crippen molar-refractivity contribution in [3.05, 3.63) is 93.5 Å². The third-order valence-corrected chi connectivity index (χ3v) is 6.50. The lowest BCUT2D eigenvalue weighted by atomic mass is 9.92. The summed E-state index contributed by atoms with van der Waals surface area (Å²) in [7, 11) is 0. The summed E-state index contributed by atoms with van der Waals surface area (Å²) in [6.45, 7) is 7.05. The third-order valence-electron chi connectivity index (χ3n) is 6.50. The number of benzene rings is 3. The number of nitrogens with one attached hydrogen (secondary N) is 2. The molecule has 2 unspecified atom stereocenters. The van der Waals surface area contributed by atoms with E-state index < -0.39 is 6.04 Å². The third kappa shape index (κ3) is 5.37. The van der Waals surface area contributed by atoms with Gasteiger partial charge in [0.15, 0.2) is 0 Å². The SMILES string of the molecule is Cc1cc(C)c(CC(N)C(=O)NC2CCNc3ccc(Cc4ccc(O)cc4)cc32)c(C)c1. The molecule has 2 atom stereocenters. The van der Waals surface area contributed by atoms with Crippen molar-refractivity contribution in [2.45, 2.75) is 52.1 Å². The van der Waals surface area contributed by atoms with Gasteiger partial charge >= 0.3 is 0 Å². The van der Waals surface area contributed by atoms with Gasteiger partial charge in [0.25, 0.3) is 0 Å². The molecule has 0 bridgehead atoms. The van der Waals surface area contributed by atoms with E-state index in [9.17, 15) is 9.90 Å². The maximum absolute atomic E-state index is 13.0. The first-order valence-corrected chi connectivity index (χ1v) is 11.6. The smallest absolute Gasteiger partial charge is 0.237 e. The van der Waals surface area contributed by atoms with Gasteiger partial charge in [-0.15, -0.1) is 0 Å². The minimum Gasteiger partial charge on any atom is -0.508 e. The number of carbonyl (C=O) groups is 1. The number of aryl methyl sites for hydroxylation is 3. The van der Waals surface area contributed by atoms with Gasteiger partial charge in [0.2, 0.25) is 5.91 Å². The summed E-state index contributed by atoms with van der Waals surface area (Å²) in [6, 6.07) is 17.3. The number of fused-ring (bicyclic) bond motifs is 1. The van der Waals surface area contributed by atoms with Crippen LogP contribution >= 0.6 is 0 Å². The van der Waals surface area contributed by atoms with E-state index in [0.29, 0.717) is 6.42 Å². The zero-order chi connectivity index (χ0) is 23.5. The monoisotopic (exact) mass is 443 g/mol. The van der Waals surface area contributed by atoms with Gasteiger partial charge in [-0.2, -0.15) is 0 Å². The second-order valence-corrected chi connectivity index (χ2v) is 9.23. The van der Waals surface area contributed by atoms with Gasteiger partial charge in [0.05, 0.1) is 12.1 Å². The van der Waals surface area contributed by atoms with E-state index in [2.05, 4.69) is 61.7 Å². The van der Waals surface area contributed by atoms with Crippen molar-refractivity contribution in [1.82, 2.24) is 5.32 Å². The summed E-state index contributed by atoms with van der Waals surface area (Å²) in [4.78, 5) is 13.0. The van der Waals surface area contributed by atoms with Crippen molar-refractivity contribution in [2.24, 2.45) is 5.73 Å². The van der Waals surface area contributed by atoms with Gasteiger partial charge in [-0.3, -0.25) is 4.79 Å². The van der Waals surface area contributed by atoms with E-state index in [4.69, 9.17) is 5.73 Å². The Morgan fingerprint density at radius 2 is 1.73 bits per heavy atom. The zero-order valence-corrected chi connectivity index (χ0v) is 19.6. The lowest BCUT2D eigenvalue weighted by Gasteiger charge is -2.29. The highest BCUT2D eigenvalue weighted by Gasteiger charge is 2.25. The fourth-order valence-electron chi connectivity index (χ4n) is 4.80. The number of hydrogen-bond acceptors (Lipinski definition) is 4. The average Bonchev–Trinajstić information content (AvgIpc) is 2.78. The Kier molecular flexibility index (Phi) is 6.70. The van der Waals surface area contributed by atoms with Crippen LogP contribution in [0.4, 0.5) is 5.69 Å². The predicted molar refractivity (Wildman–Crippen MR) is 134 cm³/mol. The maximum Gasteiger partial charge on any atom is 0.237 e. The Hall–Kier alpha value is -3.31. The molecular formula is C28H33N3O2.